The van der Waals surface area contributed by atoms with Gasteiger partial charge in [-0.1, -0.05) is 0 Å². The van der Waals surface area contributed by atoms with Gasteiger partial charge in [-0.15, -0.1) is 0 Å². The molecule has 0 aliphatic rings. The van der Waals surface area contributed by atoms with E-state index < -0.39 is 36.0 Å². The molecule has 9 heteroatoms. The summed E-state index contributed by atoms with van der Waals surface area (Å²) < 4.78 is 31.3. The Kier molecular flexibility index (Phi) is 9.12. The highest BCUT2D eigenvalue weighted by Gasteiger charge is 2.14. The SMILES string of the molecule is CCN(c1ccc(NC(=O)COC(=O)CCNC(=O)c2ccc(F)cc2F)cc1)C(C)C. The third kappa shape index (κ3) is 7.33. The Labute approximate surface area is 185 Å². The lowest BCUT2D eigenvalue weighted by molar-refractivity contribution is -0.147. The Bertz CT molecular complexity index is 949. The molecule has 0 aromatic heterocycles. The van der Waals surface area contributed by atoms with Crippen molar-refractivity contribution in [1.82, 2.24) is 5.32 Å². The van der Waals surface area contributed by atoms with Crippen molar-refractivity contribution in [2.75, 3.05) is 29.9 Å². The maximum Gasteiger partial charge on any atom is 0.308 e. The van der Waals surface area contributed by atoms with Crippen molar-refractivity contribution in [2.24, 2.45) is 0 Å². The molecule has 0 aliphatic carbocycles. The zero-order valence-corrected chi connectivity index (χ0v) is 18.3. The summed E-state index contributed by atoms with van der Waals surface area (Å²) in [5.74, 6) is -3.78. The van der Waals surface area contributed by atoms with E-state index in [1.54, 1.807) is 12.1 Å². The maximum absolute atomic E-state index is 13.6. The summed E-state index contributed by atoms with van der Waals surface area (Å²) in [4.78, 5) is 37.8. The molecule has 0 aliphatic heterocycles. The second-order valence-corrected chi connectivity index (χ2v) is 7.27. The van der Waals surface area contributed by atoms with E-state index in [2.05, 4.69) is 36.3 Å². The van der Waals surface area contributed by atoms with Gasteiger partial charge in [0.05, 0.1) is 12.0 Å². The fraction of sp³-hybridized carbons (Fsp3) is 0.348. The molecule has 0 spiro atoms. The fourth-order valence-electron chi connectivity index (χ4n) is 3.04. The van der Waals surface area contributed by atoms with Crippen molar-refractivity contribution in [3.63, 3.8) is 0 Å². The Morgan fingerprint density at radius 2 is 1.75 bits per heavy atom. The van der Waals surface area contributed by atoms with Crippen LogP contribution in [0.3, 0.4) is 0 Å². The summed E-state index contributed by atoms with van der Waals surface area (Å²) >= 11 is 0. The van der Waals surface area contributed by atoms with Crippen LogP contribution in [0.1, 0.15) is 37.6 Å². The van der Waals surface area contributed by atoms with Gasteiger partial charge in [0.15, 0.2) is 6.61 Å². The highest BCUT2D eigenvalue weighted by Crippen LogP contribution is 2.19. The normalized spacial score (nSPS) is 10.6. The molecule has 0 heterocycles. The van der Waals surface area contributed by atoms with Crippen LogP contribution in [0.5, 0.6) is 0 Å². The molecule has 0 atom stereocenters. The van der Waals surface area contributed by atoms with Crippen LogP contribution < -0.4 is 15.5 Å². The zero-order chi connectivity index (χ0) is 23.7. The van der Waals surface area contributed by atoms with Crippen LogP contribution in [-0.4, -0.2) is 43.5 Å². The maximum atomic E-state index is 13.6. The molecular formula is C23H27F2N3O4. The van der Waals surface area contributed by atoms with Gasteiger partial charge >= 0.3 is 5.97 Å². The van der Waals surface area contributed by atoms with Crippen LogP contribution in [0, 0.1) is 11.6 Å². The molecule has 0 saturated heterocycles. The molecule has 32 heavy (non-hydrogen) atoms. The number of benzene rings is 2. The largest absolute Gasteiger partial charge is 0.456 e. The molecule has 172 valence electrons. The van der Waals surface area contributed by atoms with E-state index in [-0.39, 0.29) is 18.5 Å². The molecule has 2 amide bonds. The number of hydrogen-bond donors (Lipinski definition) is 2. The number of hydrogen-bond acceptors (Lipinski definition) is 5. The standard InChI is InChI=1S/C23H27F2N3O4/c1-4-28(15(2)3)18-8-6-17(7-9-18)27-21(29)14-32-22(30)11-12-26-23(31)19-10-5-16(24)13-20(19)25/h5-10,13,15H,4,11-12,14H2,1-3H3,(H,26,31)(H,27,29). The predicted molar refractivity (Wildman–Crippen MR) is 117 cm³/mol. The third-order valence-electron chi connectivity index (χ3n) is 4.60. The van der Waals surface area contributed by atoms with E-state index in [0.29, 0.717) is 17.8 Å². The highest BCUT2D eigenvalue weighted by molar-refractivity contribution is 5.95. The first kappa shape index (κ1) is 24.8. The van der Waals surface area contributed by atoms with Gasteiger partial charge in [0.1, 0.15) is 11.6 Å². The molecule has 0 unspecified atom stereocenters. The predicted octanol–water partition coefficient (Wildman–Crippen LogP) is 3.50. The van der Waals surface area contributed by atoms with E-state index >= 15 is 0 Å². The van der Waals surface area contributed by atoms with Crippen molar-refractivity contribution in [3.8, 4) is 0 Å². The first-order valence-electron chi connectivity index (χ1n) is 10.3. The van der Waals surface area contributed by atoms with Gasteiger partial charge < -0.3 is 20.3 Å². The third-order valence-corrected chi connectivity index (χ3v) is 4.60. The van der Waals surface area contributed by atoms with Crippen molar-refractivity contribution in [3.05, 3.63) is 59.7 Å². The number of nitrogens with one attached hydrogen (secondary N) is 2. The van der Waals surface area contributed by atoms with Crippen molar-refractivity contribution in [1.29, 1.82) is 0 Å². The molecule has 2 aromatic rings. The van der Waals surface area contributed by atoms with Crippen molar-refractivity contribution in [2.45, 2.75) is 33.2 Å². The average Bonchev–Trinajstić information content (AvgIpc) is 2.73. The number of amides is 2. The van der Waals surface area contributed by atoms with Crippen LogP contribution in [0.25, 0.3) is 0 Å². The summed E-state index contributed by atoms with van der Waals surface area (Å²) in [5.41, 5.74) is 1.28. The summed E-state index contributed by atoms with van der Waals surface area (Å²) in [6, 6.07) is 10.3. The smallest absolute Gasteiger partial charge is 0.308 e. The van der Waals surface area contributed by atoms with Crippen LogP contribution in [0.4, 0.5) is 20.2 Å². The summed E-state index contributed by atoms with van der Waals surface area (Å²) in [6.07, 6.45) is -0.210. The lowest BCUT2D eigenvalue weighted by atomic mass is 10.2. The number of rotatable bonds is 10. The Balaban J connectivity index is 1.72. The number of halogens is 2. The molecule has 2 aromatic carbocycles. The molecule has 0 saturated carbocycles. The van der Waals surface area contributed by atoms with Gasteiger partial charge in [0.25, 0.3) is 11.8 Å². The lowest BCUT2D eigenvalue weighted by Crippen LogP contribution is -2.30. The van der Waals surface area contributed by atoms with E-state index in [1.165, 1.54) is 0 Å². The van der Waals surface area contributed by atoms with E-state index in [9.17, 15) is 23.2 Å². The molecule has 0 bridgehead atoms. The molecule has 0 fully saturated rings. The quantitative estimate of drug-likeness (QED) is 0.545. The molecule has 2 N–H and O–H groups in total. The number of esters is 1. The first-order valence-corrected chi connectivity index (χ1v) is 10.3. The van der Waals surface area contributed by atoms with Gasteiger partial charge in [-0.2, -0.15) is 0 Å². The fourth-order valence-corrected chi connectivity index (χ4v) is 3.04. The van der Waals surface area contributed by atoms with Crippen LogP contribution >= 0.6 is 0 Å². The van der Waals surface area contributed by atoms with Gasteiger partial charge in [-0.3, -0.25) is 14.4 Å². The molecular weight excluding hydrogens is 420 g/mol. The van der Waals surface area contributed by atoms with Crippen LogP contribution in [0.2, 0.25) is 0 Å². The number of nitrogens with zero attached hydrogens (tertiary/aromatic N) is 1. The van der Waals surface area contributed by atoms with Gasteiger partial charge in [-0.05, 0) is 57.2 Å². The minimum absolute atomic E-state index is 0.124. The van der Waals surface area contributed by atoms with Gasteiger partial charge in [0.2, 0.25) is 0 Å². The van der Waals surface area contributed by atoms with Crippen molar-refractivity contribution >= 4 is 29.2 Å². The van der Waals surface area contributed by atoms with E-state index in [1.807, 2.05) is 12.1 Å². The summed E-state index contributed by atoms with van der Waals surface area (Å²) in [7, 11) is 0. The Hall–Kier alpha value is -3.49. The van der Waals surface area contributed by atoms with Crippen LogP contribution in [-0.2, 0) is 14.3 Å². The first-order chi connectivity index (χ1) is 15.2. The number of anilines is 2. The zero-order valence-electron chi connectivity index (χ0n) is 18.3. The van der Waals surface area contributed by atoms with Gasteiger partial charge in [-0.25, -0.2) is 8.78 Å². The molecule has 0 radical (unpaired) electrons. The number of ether oxygens (including phenoxy) is 1. The lowest BCUT2D eigenvalue weighted by Gasteiger charge is -2.27. The second kappa shape index (κ2) is 11.8. The second-order valence-electron chi connectivity index (χ2n) is 7.27. The minimum Gasteiger partial charge on any atom is -0.456 e. The van der Waals surface area contributed by atoms with E-state index in [4.69, 9.17) is 4.74 Å². The summed E-state index contributed by atoms with van der Waals surface area (Å²) in [5, 5.41) is 4.98. The minimum atomic E-state index is -0.999. The highest BCUT2D eigenvalue weighted by atomic mass is 19.1. The molecule has 7 nitrogen and oxygen atoms in total. The van der Waals surface area contributed by atoms with Crippen LogP contribution in [0.15, 0.2) is 42.5 Å². The number of carbonyl (C=O) groups excluding carboxylic acids is 3. The van der Waals surface area contributed by atoms with Crippen molar-refractivity contribution < 1.29 is 27.9 Å². The monoisotopic (exact) mass is 447 g/mol. The van der Waals surface area contributed by atoms with Gasteiger partial charge in [0, 0.05) is 36.6 Å². The topological polar surface area (TPSA) is 87.7 Å². The number of carbonyl (C=O) groups is 3. The Morgan fingerprint density at radius 3 is 2.34 bits per heavy atom. The Morgan fingerprint density at radius 1 is 1.06 bits per heavy atom. The van der Waals surface area contributed by atoms with E-state index in [0.717, 1.165) is 24.4 Å². The molecule has 2 rings (SSSR count). The summed E-state index contributed by atoms with van der Waals surface area (Å²) in [6.45, 7) is 6.52. The average molecular weight is 447 g/mol.